The summed E-state index contributed by atoms with van der Waals surface area (Å²) in [6, 6.07) is 0. The van der Waals surface area contributed by atoms with Crippen LogP contribution < -0.4 is 0 Å². The summed E-state index contributed by atoms with van der Waals surface area (Å²) in [6.45, 7) is 14.0. The van der Waals surface area contributed by atoms with Gasteiger partial charge in [-0.3, -0.25) is 14.4 Å². The van der Waals surface area contributed by atoms with Crippen LogP contribution in [0.25, 0.3) is 0 Å². The topological polar surface area (TPSA) is 108 Å². The number of aliphatic hydroxyl groups is 1. The Morgan fingerprint density at radius 3 is 2.49 bits per heavy atom. The summed E-state index contributed by atoms with van der Waals surface area (Å²) >= 11 is 1.13. The largest absolute Gasteiger partial charge is 0.462 e. The van der Waals surface area contributed by atoms with Gasteiger partial charge in [0.05, 0.1) is 23.7 Å². The van der Waals surface area contributed by atoms with E-state index < -0.39 is 28.2 Å². The number of fused-ring (bicyclic) bond motifs is 7. The molecule has 2 bridgehead atoms. The van der Waals surface area contributed by atoms with Crippen LogP contribution in [0, 0.1) is 34.5 Å². The van der Waals surface area contributed by atoms with Gasteiger partial charge in [0, 0.05) is 37.0 Å². The highest BCUT2D eigenvalue weighted by molar-refractivity contribution is 8.13. The summed E-state index contributed by atoms with van der Waals surface area (Å²) in [5, 5.41) is 12.8. The Bertz CT molecular complexity index is 1290. The monoisotopic (exact) mass is 616 g/mol. The van der Waals surface area contributed by atoms with E-state index in [1.807, 2.05) is 20.8 Å². The lowest BCUT2D eigenvalue weighted by atomic mass is 9.46. The Morgan fingerprint density at radius 1 is 1.12 bits per heavy atom. The van der Waals surface area contributed by atoms with Gasteiger partial charge >= 0.3 is 5.97 Å². The number of allylic oxidation sites excluding steroid dienone is 3. The van der Waals surface area contributed by atoms with Crippen LogP contribution >= 0.6 is 11.8 Å². The molecule has 11 atom stereocenters. The van der Waals surface area contributed by atoms with Crippen LogP contribution in [0.2, 0.25) is 0 Å². The van der Waals surface area contributed by atoms with E-state index in [4.69, 9.17) is 18.9 Å². The first-order valence-electron chi connectivity index (χ1n) is 15.9. The minimum atomic E-state index is -1.48. The smallest absolute Gasteiger partial charge is 0.302 e. The third kappa shape index (κ3) is 4.49. The van der Waals surface area contributed by atoms with Crippen molar-refractivity contribution in [3.8, 4) is 0 Å². The van der Waals surface area contributed by atoms with E-state index in [0.29, 0.717) is 19.3 Å². The summed E-state index contributed by atoms with van der Waals surface area (Å²) in [7, 11) is 0. The molecule has 1 N–H and O–H groups in total. The van der Waals surface area contributed by atoms with Crippen molar-refractivity contribution < 1.29 is 38.4 Å². The van der Waals surface area contributed by atoms with Crippen LogP contribution in [0.4, 0.5) is 0 Å². The molecule has 238 valence electrons. The molecule has 0 unspecified atom stereocenters. The van der Waals surface area contributed by atoms with Crippen LogP contribution in [-0.4, -0.2) is 63.2 Å². The van der Waals surface area contributed by atoms with Crippen LogP contribution in [0.3, 0.4) is 0 Å². The number of carbonyl (C=O) groups excluding carboxylic acids is 3. The maximum atomic E-state index is 12.9. The predicted molar refractivity (Wildman–Crippen MR) is 162 cm³/mol. The first-order valence-corrected chi connectivity index (χ1v) is 17.1. The third-order valence-corrected chi connectivity index (χ3v) is 13.6. The van der Waals surface area contributed by atoms with Crippen molar-refractivity contribution in [2.45, 2.75) is 128 Å². The van der Waals surface area contributed by atoms with E-state index in [0.717, 1.165) is 36.6 Å². The molecule has 5 fully saturated rings. The molecule has 9 heteroatoms. The quantitative estimate of drug-likeness (QED) is 0.400. The fourth-order valence-corrected chi connectivity index (χ4v) is 10.5. The number of thioether (sulfide) groups is 1. The zero-order chi connectivity index (χ0) is 31.4. The van der Waals surface area contributed by atoms with E-state index in [2.05, 4.69) is 26.8 Å². The van der Waals surface area contributed by atoms with Crippen molar-refractivity contribution in [2.75, 3.05) is 6.26 Å². The number of carbonyl (C=O) groups is 3. The number of rotatable bonds is 5. The normalized spacial score (nSPS) is 48.5. The summed E-state index contributed by atoms with van der Waals surface area (Å²) in [5.74, 6) is -1.69. The van der Waals surface area contributed by atoms with Crippen molar-refractivity contribution in [3.63, 3.8) is 0 Å². The van der Waals surface area contributed by atoms with Crippen molar-refractivity contribution in [1.82, 2.24) is 0 Å². The van der Waals surface area contributed by atoms with Gasteiger partial charge in [0.2, 0.25) is 0 Å². The van der Waals surface area contributed by atoms with Gasteiger partial charge in [-0.2, -0.15) is 0 Å². The van der Waals surface area contributed by atoms with Gasteiger partial charge in [-0.1, -0.05) is 44.2 Å². The van der Waals surface area contributed by atoms with Crippen LogP contribution in [0.5, 0.6) is 0 Å². The average Bonchev–Trinajstić information content (AvgIpc) is 3.26. The highest BCUT2D eigenvalue weighted by Gasteiger charge is 2.71. The molecule has 2 aliphatic heterocycles. The SMILES string of the molecule is CSC(=O)C[C@@]12O[C@H]([C@H](C)[C@@]3(O)CC[C@H]4[C@@H]5[C@H](OC(C)=O)CC6=CC(=O)C=C[C@]6(C)[C@H]5CC[C@@]43C)C[C@@](C)(O1)C(C)(C)O2. The van der Waals surface area contributed by atoms with Crippen LogP contribution in [0.1, 0.15) is 93.4 Å². The van der Waals surface area contributed by atoms with Gasteiger partial charge in [-0.05, 0) is 82.1 Å². The standard InChI is InChI=1S/C34H48O8S/c1-19(26-17-32(7)29(3,4)41-34(40-26,42-32)18-27(37)43-8)33(38)14-11-24-28-23(10-13-31(24,33)6)30(5)12-9-22(36)15-21(30)16-25(28)39-20(2)35/h9,12,15,19,23-26,28,38H,10-11,13-14,16-18H2,1-8H3/t19-,23-,24-,25+,26-,28+,30-,31-,32+,33-,34-/m0/s1. The molecule has 0 aromatic rings. The van der Waals surface area contributed by atoms with E-state index in [9.17, 15) is 19.5 Å². The molecule has 0 spiro atoms. The summed E-state index contributed by atoms with van der Waals surface area (Å²) in [6.07, 6.45) is 10.7. The summed E-state index contributed by atoms with van der Waals surface area (Å²) < 4.78 is 25.5. The van der Waals surface area contributed by atoms with Crippen molar-refractivity contribution in [1.29, 1.82) is 0 Å². The minimum Gasteiger partial charge on any atom is -0.462 e. The molecule has 8 nitrogen and oxygen atoms in total. The molecular formula is C34H48O8S. The third-order valence-electron chi connectivity index (χ3n) is 13.0. The predicted octanol–water partition coefficient (Wildman–Crippen LogP) is 5.51. The second kappa shape index (κ2) is 9.99. The summed E-state index contributed by atoms with van der Waals surface area (Å²) in [4.78, 5) is 37.3. The Morgan fingerprint density at radius 2 is 1.81 bits per heavy atom. The van der Waals surface area contributed by atoms with Crippen LogP contribution in [0.15, 0.2) is 23.8 Å². The zero-order valence-corrected chi connectivity index (χ0v) is 27.7. The van der Waals surface area contributed by atoms with E-state index in [-0.39, 0.29) is 64.6 Å². The molecule has 4 aliphatic carbocycles. The number of ketones is 1. The molecule has 0 amide bonds. The van der Waals surface area contributed by atoms with Gasteiger partial charge in [0.15, 0.2) is 10.9 Å². The molecule has 43 heavy (non-hydrogen) atoms. The lowest BCUT2D eigenvalue weighted by molar-refractivity contribution is -0.396. The Balaban J connectivity index is 1.33. The second-order valence-corrected chi connectivity index (χ2v) is 16.1. The molecule has 6 aliphatic rings. The van der Waals surface area contributed by atoms with Crippen molar-refractivity contribution in [3.05, 3.63) is 23.8 Å². The van der Waals surface area contributed by atoms with Crippen molar-refractivity contribution >= 4 is 28.6 Å². The highest BCUT2D eigenvalue weighted by atomic mass is 32.2. The van der Waals surface area contributed by atoms with Gasteiger partial charge in [0.1, 0.15) is 11.7 Å². The number of ether oxygens (including phenoxy) is 4. The number of hydrogen-bond acceptors (Lipinski definition) is 9. The molecule has 2 saturated heterocycles. The summed E-state index contributed by atoms with van der Waals surface area (Å²) in [5.41, 5.74) is -2.10. The minimum absolute atomic E-state index is 0.0134. The van der Waals surface area contributed by atoms with E-state index >= 15 is 0 Å². The van der Waals surface area contributed by atoms with Gasteiger partial charge < -0.3 is 24.1 Å². The molecule has 0 radical (unpaired) electrons. The lowest BCUT2D eigenvalue weighted by Gasteiger charge is -2.61. The fraction of sp³-hybridized carbons (Fsp3) is 0.794. The molecular weight excluding hydrogens is 568 g/mol. The fourth-order valence-electron chi connectivity index (χ4n) is 10.2. The van der Waals surface area contributed by atoms with Crippen molar-refractivity contribution in [2.24, 2.45) is 34.5 Å². The molecule has 0 aromatic carbocycles. The highest BCUT2D eigenvalue weighted by Crippen LogP contribution is 2.69. The van der Waals surface area contributed by atoms with E-state index in [1.54, 1.807) is 18.4 Å². The van der Waals surface area contributed by atoms with Gasteiger partial charge in [-0.25, -0.2) is 0 Å². The van der Waals surface area contributed by atoms with Gasteiger partial charge in [0.25, 0.3) is 5.97 Å². The van der Waals surface area contributed by atoms with Gasteiger partial charge in [-0.15, -0.1) is 0 Å². The number of esters is 1. The maximum Gasteiger partial charge on any atom is 0.302 e. The molecule has 3 saturated carbocycles. The zero-order valence-electron chi connectivity index (χ0n) is 26.9. The first-order chi connectivity index (χ1) is 19.9. The second-order valence-electron chi connectivity index (χ2n) is 15.3. The maximum absolute atomic E-state index is 12.9. The number of hydrogen-bond donors (Lipinski definition) is 1. The average molecular weight is 617 g/mol. The molecule has 2 heterocycles. The van der Waals surface area contributed by atoms with Crippen LogP contribution in [-0.2, 0) is 33.3 Å². The Kier molecular flexibility index (Phi) is 7.31. The Labute approximate surface area is 259 Å². The molecule has 6 rings (SSSR count). The lowest BCUT2D eigenvalue weighted by Crippen LogP contribution is -2.62. The van der Waals surface area contributed by atoms with E-state index in [1.165, 1.54) is 6.92 Å². The molecule has 0 aromatic heterocycles. The first kappa shape index (κ1) is 31.5. The Hall–Kier alpha value is -1.52.